The van der Waals surface area contributed by atoms with Crippen molar-refractivity contribution in [2.75, 3.05) is 7.11 Å². The smallest absolute Gasteiger partial charge is 0.495 e. The molecule has 0 saturated heterocycles. The molecule has 7 heteroatoms. The van der Waals surface area contributed by atoms with E-state index in [0.717, 1.165) is 17.4 Å². The van der Waals surface area contributed by atoms with Crippen molar-refractivity contribution in [1.29, 1.82) is 0 Å². The number of halogens is 3. The summed E-state index contributed by atoms with van der Waals surface area (Å²) in [5.74, 6) is -0.779. The fourth-order valence-corrected chi connectivity index (χ4v) is 2.43. The maximum atomic E-state index is 12.3. The average Bonchev–Trinajstić information content (AvgIpc) is 2.85. The Morgan fingerprint density at radius 1 is 1.15 bits per heavy atom. The van der Waals surface area contributed by atoms with Gasteiger partial charge < -0.3 is 9.47 Å². The lowest BCUT2D eigenvalue weighted by molar-refractivity contribution is -0.274. The van der Waals surface area contributed by atoms with Crippen LogP contribution in [0.15, 0.2) is 35.7 Å². The summed E-state index contributed by atoms with van der Waals surface area (Å²) in [6, 6.07) is 6.79. The van der Waals surface area contributed by atoms with E-state index in [4.69, 9.17) is 4.74 Å². The largest absolute Gasteiger partial charge is 0.573 e. The highest BCUT2D eigenvalue weighted by molar-refractivity contribution is 7.12. The van der Waals surface area contributed by atoms with Crippen molar-refractivity contribution < 1.29 is 27.4 Å². The van der Waals surface area contributed by atoms with Gasteiger partial charge in [0.05, 0.1) is 12.7 Å². The number of methoxy groups -OCH3 is 1. The first kappa shape index (κ1) is 14.4. The Morgan fingerprint density at radius 3 is 2.50 bits per heavy atom. The Kier molecular flexibility index (Phi) is 3.99. The molecule has 0 aliphatic rings. The number of rotatable bonds is 4. The topological polar surface area (TPSA) is 35.5 Å². The average molecular weight is 302 g/mol. The van der Waals surface area contributed by atoms with Crippen LogP contribution in [-0.4, -0.2) is 19.3 Å². The van der Waals surface area contributed by atoms with Crippen LogP contribution in [0.2, 0.25) is 0 Å². The van der Waals surface area contributed by atoms with Gasteiger partial charge in [-0.25, -0.2) is 0 Å². The zero-order valence-corrected chi connectivity index (χ0v) is 11.0. The quantitative estimate of drug-likeness (QED) is 0.804. The Labute approximate surface area is 116 Å². The molecule has 0 aliphatic carbocycles. The zero-order chi connectivity index (χ0) is 14.8. The van der Waals surface area contributed by atoms with Crippen LogP contribution < -0.4 is 9.47 Å². The van der Waals surface area contributed by atoms with Crippen molar-refractivity contribution in [3.63, 3.8) is 0 Å². The molecule has 0 fully saturated rings. The van der Waals surface area contributed by atoms with Gasteiger partial charge in [0.1, 0.15) is 16.4 Å². The van der Waals surface area contributed by atoms with E-state index in [-0.39, 0.29) is 10.4 Å². The molecule has 2 aromatic rings. The minimum Gasteiger partial charge on any atom is -0.495 e. The minimum absolute atomic E-state index is 0.162. The molecule has 0 unspecified atom stereocenters. The minimum atomic E-state index is -4.85. The SMILES string of the molecule is COc1ccsc1C(=O)c1ccccc1OC(F)(F)F. The Hall–Kier alpha value is -2.02. The highest BCUT2D eigenvalue weighted by Crippen LogP contribution is 2.32. The van der Waals surface area contributed by atoms with Gasteiger partial charge in [0, 0.05) is 0 Å². The molecule has 0 N–H and O–H groups in total. The Bertz CT molecular complexity index is 619. The zero-order valence-electron chi connectivity index (χ0n) is 10.2. The van der Waals surface area contributed by atoms with Crippen LogP contribution in [0.25, 0.3) is 0 Å². The number of carbonyl (C=O) groups is 1. The second-order valence-electron chi connectivity index (χ2n) is 3.69. The molecule has 1 aromatic carbocycles. The monoisotopic (exact) mass is 302 g/mol. The van der Waals surface area contributed by atoms with Gasteiger partial charge in [0.15, 0.2) is 0 Å². The van der Waals surface area contributed by atoms with E-state index < -0.39 is 17.9 Å². The van der Waals surface area contributed by atoms with Crippen molar-refractivity contribution in [3.8, 4) is 11.5 Å². The second-order valence-corrected chi connectivity index (χ2v) is 4.61. The van der Waals surface area contributed by atoms with Crippen LogP contribution in [0.1, 0.15) is 15.2 Å². The van der Waals surface area contributed by atoms with Crippen LogP contribution in [-0.2, 0) is 0 Å². The molecule has 1 aromatic heterocycles. The molecule has 3 nitrogen and oxygen atoms in total. The number of thiophene rings is 1. The Morgan fingerprint density at radius 2 is 1.85 bits per heavy atom. The van der Waals surface area contributed by atoms with Crippen LogP contribution in [0.5, 0.6) is 11.5 Å². The molecular weight excluding hydrogens is 293 g/mol. The lowest BCUT2D eigenvalue weighted by Gasteiger charge is -2.12. The predicted molar refractivity (Wildman–Crippen MR) is 67.4 cm³/mol. The highest BCUT2D eigenvalue weighted by Gasteiger charge is 2.33. The first-order chi connectivity index (χ1) is 9.42. The van der Waals surface area contributed by atoms with E-state index in [1.807, 2.05) is 0 Å². The molecule has 0 bridgehead atoms. The van der Waals surface area contributed by atoms with Gasteiger partial charge in [-0.15, -0.1) is 24.5 Å². The maximum absolute atomic E-state index is 12.3. The molecular formula is C13H9F3O3S. The molecule has 0 atom stereocenters. The predicted octanol–water partition coefficient (Wildman–Crippen LogP) is 3.89. The van der Waals surface area contributed by atoms with E-state index in [2.05, 4.69) is 4.74 Å². The lowest BCUT2D eigenvalue weighted by Crippen LogP contribution is -2.19. The maximum Gasteiger partial charge on any atom is 0.573 e. The number of ketones is 1. The van der Waals surface area contributed by atoms with Gasteiger partial charge in [-0.3, -0.25) is 4.79 Å². The van der Waals surface area contributed by atoms with Crippen LogP contribution >= 0.6 is 11.3 Å². The molecule has 106 valence electrons. The van der Waals surface area contributed by atoms with Crippen molar-refractivity contribution in [2.45, 2.75) is 6.36 Å². The van der Waals surface area contributed by atoms with Crippen molar-refractivity contribution in [2.24, 2.45) is 0 Å². The van der Waals surface area contributed by atoms with Crippen molar-refractivity contribution in [1.82, 2.24) is 0 Å². The summed E-state index contributed by atoms with van der Waals surface area (Å²) in [6.45, 7) is 0. The number of alkyl halides is 3. The van der Waals surface area contributed by atoms with Crippen LogP contribution in [0, 0.1) is 0 Å². The number of hydrogen-bond donors (Lipinski definition) is 0. The number of hydrogen-bond acceptors (Lipinski definition) is 4. The van der Waals surface area contributed by atoms with Gasteiger partial charge in [0.25, 0.3) is 0 Å². The van der Waals surface area contributed by atoms with E-state index >= 15 is 0 Å². The standard InChI is InChI=1S/C13H9F3O3S/c1-18-10-6-7-20-12(10)11(17)8-4-2-3-5-9(8)19-13(14,15)16/h2-7H,1H3. The van der Waals surface area contributed by atoms with Crippen LogP contribution in [0.3, 0.4) is 0 Å². The van der Waals surface area contributed by atoms with Gasteiger partial charge in [-0.2, -0.15) is 0 Å². The molecule has 20 heavy (non-hydrogen) atoms. The molecule has 0 saturated carbocycles. The summed E-state index contributed by atoms with van der Waals surface area (Å²) in [5, 5.41) is 1.62. The number of ether oxygens (including phenoxy) is 2. The summed E-state index contributed by atoms with van der Waals surface area (Å²) >= 11 is 1.09. The summed E-state index contributed by atoms with van der Waals surface area (Å²) in [5.41, 5.74) is -0.162. The number of carbonyl (C=O) groups excluding carboxylic acids is 1. The fourth-order valence-electron chi connectivity index (χ4n) is 1.61. The van der Waals surface area contributed by atoms with Gasteiger partial charge in [-0.1, -0.05) is 12.1 Å². The van der Waals surface area contributed by atoms with Crippen LogP contribution in [0.4, 0.5) is 13.2 Å². The summed E-state index contributed by atoms with van der Waals surface area (Å²) in [7, 11) is 1.39. The number of benzene rings is 1. The first-order valence-corrected chi connectivity index (χ1v) is 6.31. The van der Waals surface area contributed by atoms with Gasteiger partial charge in [-0.05, 0) is 23.6 Å². The van der Waals surface area contributed by atoms with Crippen molar-refractivity contribution >= 4 is 17.1 Å². The second kappa shape index (κ2) is 5.54. The third-order valence-corrected chi connectivity index (χ3v) is 3.31. The first-order valence-electron chi connectivity index (χ1n) is 5.43. The molecule has 0 radical (unpaired) electrons. The molecule has 1 heterocycles. The third-order valence-electron chi connectivity index (χ3n) is 2.41. The lowest BCUT2D eigenvalue weighted by atomic mass is 10.1. The summed E-state index contributed by atoms with van der Waals surface area (Å²) in [6.07, 6.45) is -4.85. The summed E-state index contributed by atoms with van der Waals surface area (Å²) in [4.78, 5) is 12.5. The van der Waals surface area contributed by atoms with Gasteiger partial charge in [0.2, 0.25) is 5.78 Å². The summed E-state index contributed by atoms with van der Waals surface area (Å²) < 4.78 is 45.8. The highest BCUT2D eigenvalue weighted by atomic mass is 32.1. The Balaban J connectivity index is 2.40. The van der Waals surface area contributed by atoms with E-state index in [0.29, 0.717) is 5.75 Å². The number of para-hydroxylation sites is 1. The normalized spacial score (nSPS) is 11.2. The molecule has 2 rings (SSSR count). The van der Waals surface area contributed by atoms with Crippen molar-refractivity contribution in [3.05, 3.63) is 46.2 Å². The molecule has 0 spiro atoms. The molecule has 0 aliphatic heterocycles. The van der Waals surface area contributed by atoms with Gasteiger partial charge >= 0.3 is 6.36 Å². The van der Waals surface area contributed by atoms with E-state index in [1.165, 1.54) is 25.3 Å². The van der Waals surface area contributed by atoms with E-state index in [1.54, 1.807) is 11.4 Å². The molecule has 0 amide bonds. The third kappa shape index (κ3) is 3.11. The fraction of sp³-hybridized carbons (Fsp3) is 0.154. The van der Waals surface area contributed by atoms with E-state index in [9.17, 15) is 18.0 Å².